The lowest BCUT2D eigenvalue weighted by Crippen LogP contribution is -2.64. The molecule has 0 N–H and O–H groups in total. The van der Waals surface area contributed by atoms with Gasteiger partial charge in [-0.3, -0.25) is 4.79 Å². The quantitative estimate of drug-likeness (QED) is 0.687. The molecule has 1 unspecified atom stereocenters. The molecule has 0 radical (unpaired) electrons. The first-order valence-electron chi connectivity index (χ1n) is 10.1. The smallest absolute Gasteiger partial charge is 0.303 e. The third-order valence-corrected chi connectivity index (χ3v) is 5.34. The van der Waals surface area contributed by atoms with Gasteiger partial charge in [0.25, 0.3) is 0 Å². The Morgan fingerprint density at radius 2 is 1.90 bits per heavy atom. The van der Waals surface area contributed by atoms with E-state index in [1.165, 1.54) is 14.0 Å². The van der Waals surface area contributed by atoms with Gasteiger partial charge in [0.1, 0.15) is 18.3 Å². The van der Waals surface area contributed by atoms with Crippen LogP contribution in [0, 0.1) is 0 Å². The van der Waals surface area contributed by atoms with Crippen LogP contribution in [0.15, 0.2) is 30.3 Å². The molecule has 8 heteroatoms. The summed E-state index contributed by atoms with van der Waals surface area (Å²) in [6, 6.07) is 9.67. The van der Waals surface area contributed by atoms with E-state index in [0.29, 0.717) is 13.2 Å². The molecule has 3 aliphatic rings. The number of rotatable bonds is 5. The predicted octanol–water partition coefficient (Wildman–Crippen LogP) is 2.32. The monoisotopic (exact) mass is 408 g/mol. The van der Waals surface area contributed by atoms with E-state index in [2.05, 4.69) is 0 Å². The highest BCUT2D eigenvalue weighted by atomic mass is 16.8. The van der Waals surface area contributed by atoms with Crippen molar-refractivity contribution >= 4 is 5.97 Å². The Bertz CT molecular complexity index is 662. The maximum absolute atomic E-state index is 11.8. The summed E-state index contributed by atoms with van der Waals surface area (Å²) in [5, 5.41) is 0. The second kappa shape index (κ2) is 9.51. The predicted molar refractivity (Wildman–Crippen MR) is 99.7 cm³/mol. The number of hydrogen-bond acceptors (Lipinski definition) is 8. The Balaban J connectivity index is 1.58. The van der Waals surface area contributed by atoms with E-state index in [4.69, 9.17) is 33.2 Å². The molecule has 0 spiro atoms. The molecule has 1 aromatic rings. The van der Waals surface area contributed by atoms with Crippen LogP contribution in [0.4, 0.5) is 0 Å². The number of carbonyl (C=O) groups is 1. The van der Waals surface area contributed by atoms with E-state index in [1.54, 1.807) is 0 Å². The molecule has 160 valence electrons. The average Bonchev–Trinajstić information content (AvgIpc) is 2.76. The number of methoxy groups -OCH3 is 1. The van der Waals surface area contributed by atoms with Crippen molar-refractivity contribution in [3.8, 4) is 0 Å². The minimum absolute atomic E-state index is 0.308. The van der Waals surface area contributed by atoms with Crippen LogP contribution in [0.25, 0.3) is 0 Å². The number of fused-ring (bicyclic) bond motifs is 1. The second-order valence-corrected chi connectivity index (χ2v) is 7.43. The van der Waals surface area contributed by atoms with Crippen LogP contribution in [0.3, 0.4) is 0 Å². The first-order valence-corrected chi connectivity index (χ1v) is 10.1. The number of esters is 1. The molecule has 29 heavy (non-hydrogen) atoms. The Hall–Kier alpha value is -1.55. The first-order chi connectivity index (χ1) is 14.2. The normalized spacial score (nSPS) is 37.5. The summed E-state index contributed by atoms with van der Waals surface area (Å²) in [7, 11) is 1.51. The van der Waals surface area contributed by atoms with Gasteiger partial charge in [0.15, 0.2) is 25.0 Å². The summed E-state index contributed by atoms with van der Waals surface area (Å²) in [6.45, 7) is 2.30. The fraction of sp³-hybridized carbons (Fsp3) is 0.667. The van der Waals surface area contributed by atoms with Crippen molar-refractivity contribution in [2.24, 2.45) is 0 Å². The lowest BCUT2D eigenvalue weighted by molar-refractivity contribution is -0.376. The van der Waals surface area contributed by atoms with Crippen LogP contribution >= 0.6 is 0 Å². The minimum Gasteiger partial charge on any atom is -0.454 e. The van der Waals surface area contributed by atoms with E-state index >= 15 is 0 Å². The van der Waals surface area contributed by atoms with Crippen LogP contribution in [0.5, 0.6) is 0 Å². The molecular weight excluding hydrogens is 380 g/mol. The zero-order valence-electron chi connectivity index (χ0n) is 16.7. The first kappa shape index (κ1) is 20.7. The molecule has 1 aromatic carbocycles. The summed E-state index contributed by atoms with van der Waals surface area (Å²) in [5.74, 6) is -0.441. The van der Waals surface area contributed by atoms with Crippen LogP contribution in [0.1, 0.15) is 38.0 Å². The Morgan fingerprint density at radius 3 is 2.59 bits per heavy atom. The van der Waals surface area contributed by atoms with Crippen LogP contribution in [-0.4, -0.2) is 63.3 Å². The van der Waals surface area contributed by atoms with Crippen molar-refractivity contribution in [3.05, 3.63) is 35.9 Å². The zero-order valence-corrected chi connectivity index (χ0v) is 16.7. The lowest BCUT2D eigenvalue weighted by Gasteiger charge is -2.49. The molecular formula is C21H28O8. The highest BCUT2D eigenvalue weighted by Crippen LogP contribution is 2.37. The second-order valence-electron chi connectivity index (χ2n) is 7.43. The van der Waals surface area contributed by atoms with Crippen molar-refractivity contribution < 1.29 is 38.0 Å². The van der Waals surface area contributed by atoms with E-state index in [9.17, 15) is 4.79 Å². The van der Waals surface area contributed by atoms with Crippen LogP contribution in [-0.2, 0) is 38.0 Å². The Kier molecular flexibility index (Phi) is 6.79. The lowest BCUT2D eigenvalue weighted by atomic mass is 9.97. The van der Waals surface area contributed by atoms with Gasteiger partial charge in [0.2, 0.25) is 0 Å². The number of carbonyl (C=O) groups excluding carboxylic acids is 1. The topological polar surface area (TPSA) is 81.7 Å². The van der Waals surface area contributed by atoms with Gasteiger partial charge in [-0.15, -0.1) is 0 Å². The molecule has 3 heterocycles. The molecule has 0 bridgehead atoms. The van der Waals surface area contributed by atoms with Gasteiger partial charge in [-0.1, -0.05) is 30.3 Å². The maximum Gasteiger partial charge on any atom is 0.303 e. The third-order valence-electron chi connectivity index (χ3n) is 5.34. The van der Waals surface area contributed by atoms with Gasteiger partial charge in [-0.25, -0.2) is 0 Å². The highest BCUT2D eigenvalue weighted by Gasteiger charge is 2.53. The van der Waals surface area contributed by atoms with Gasteiger partial charge in [-0.2, -0.15) is 0 Å². The van der Waals surface area contributed by atoms with E-state index in [-0.39, 0.29) is 6.29 Å². The Morgan fingerprint density at radius 1 is 1.07 bits per heavy atom. The SMILES string of the molecule is CO[C@H]1O[C@@H]2CO[C@@H](c3ccccc3)O[C@H]2[C@@H](OC2CCCCO2)[C@H]1OC(C)=O. The summed E-state index contributed by atoms with van der Waals surface area (Å²) < 4.78 is 41.2. The van der Waals surface area contributed by atoms with Crippen LogP contribution < -0.4 is 0 Å². The van der Waals surface area contributed by atoms with Crippen molar-refractivity contribution in [2.75, 3.05) is 20.3 Å². The van der Waals surface area contributed by atoms with E-state index < -0.39 is 43.0 Å². The minimum atomic E-state index is -0.783. The van der Waals surface area contributed by atoms with Crippen LogP contribution in [0.2, 0.25) is 0 Å². The van der Waals surface area contributed by atoms with Gasteiger partial charge >= 0.3 is 5.97 Å². The fourth-order valence-electron chi connectivity index (χ4n) is 3.98. The number of ether oxygens (including phenoxy) is 7. The van der Waals surface area contributed by atoms with Gasteiger partial charge < -0.3 is 33.2 Å². The van der Waals surface area contributed by atoms with Crippen molar-refractivity contribution in [3.63, 3.8) is 0 Å². The zero-order chi connectivity index (χ0) is 20.2. The standard InChI is InChI=1S/C21H28O8/c1-13(22)26-19-18(28-16-10-6-7-11-24-16)17-15(27-21(19)23-2)12-25-20(29-17)14-8-4-3-5-9-14/h3-5,8-9,15-21H,6-7,10-12H2,1-2H3/t15-,16?,17-,18-,19-,20-,21+/m1/s1. The summed E-state index contributed by atoms with van der Waals surface area (Å²) in [4.78, 5) is 11.8. The molecule has 4 rings (SSSR count). The van der Waals surface area contributed by atoms with Gasteiger partial charge in [-0.05, 0) is 19.3 Å². The number of hydrogen-bond donors (Lipinski definition) is 0. The van der Waals surface area contributed by atoms with Crippen molar-refractivity contribution in [1.82, 2.24) is 0 Å². The largest absolute Gasteiger partial charge is 0.454 e. The molecule has 3 saturated heterocycles. The Labute approximate surface area is 170 Å². The molecule has 8 nitrogen and oxygen atoms in total. The van der Waals surface area contributed by atoms with Gasteiger partial charge in [0, 0.05) is 26.2 Å². The van der Waals surface area contributed by atoms with Gasteiger partial charge in [0.05, 0.1) is 6.61 Å². The summed E-state index contributed by atoms with van der Waals surface area (Å²) >= 11 is 0. The molecule has 0 amide bonds. The van der Waals surface area contributed by atoms with E-state index in [1.807, 2.05) is 30.3 Å². The molecule has 0 saturated carbocycles. The molecule has 0 aromatic heterocycles. The molecule has 7 atom stereocenters. The average molecular weight is 408 g/mol. The summed E-state index contributed by atoms with van der Waals surface area (Å²) in [5.41, 5.74) is 0.900. The van der Waals surface area contributed by atoms with Crippen molar-refractivity contribution in [2.45, 2.75) is 69.5 Å². The third kappa shape index (κ3) is 4.79. The highest BCUT2D eigenvalue weighted by molar-refractivity contribution is 5.66. The molecule has 3 fully saturated rings. The fourth-order valence-corrected chi connectivity index (χ4v) is 3.98. The summed E-state index contributed by atoms with van der Waals surface area (Å²) in [6.07, 6.45) is -1.23. The molecule has 0 aliphatic carbocycles. The molecule has 3 aliphatic heterocycles. The van der Waals surface area contributed by atoms with E-state index in [0.717, 1.165) is 24.8 Å². The number of benzene rings is 1. The van der Waals surface area contributed by atoms with Crippen molar-refractivity contribution in [1.29, 1.82) is 0 Å². The maximum atomic E-state index is 11.8.